The van der Waals surface area contributed by atoms with Gasteiger partial charge in [0.2, 0.25) is 17.6 Å². The van der Waals surface area contributed by atoms with Crippen LogP contribution in [-0.4, -0.2) is 25.8 Å². The van der Waals surface area contributed by atoms with E-state index >= 15 is 0 Å². The lowest BCUT2D eigenvalue weighted by atomic mass is 10.1. The van der Waals surface area contributed by atoms with Crippen LogP contribution in [0.5, 0.6) is 0 Å². The van der Waals surface area contributed by atoms with Crippen molar-refractivity contribution >= 4 is 17.5 Å². The molecule has 1 atom stereocenters. The summed E-state index contributed by atoms with van der Waals surface area (Å²) < 4.78 is 7.11. The molecule has 28 heavy (non-hydrogen) atoms. The molecule has 0 saturated carbocycles. The van der Waals surface area contributed by atoms with Gasteiger partial charge >= 0.3 is 0 Å². The van der Waals surface area contributed by atoms with Crippen molar-refractivity contribution in [3.8, 4) is 11.4 Å². The summed E-state index contributed by atoms with van der Waals surface area (Å²) in [6, 6.07) is 7.16. The van der Waals surface area contributed by atoms with Crippen LogP contribution in [0.3, 0.4) is 0 Å². The van der Waals surface area contributed by atoms with Crippen LogP contribution in [0.25, 0.3) is 11.4 Å². The maximum absolute atomic E-state index is 12.3. The molecule has 148 valence electrons. The molecule has 0 aliphatic heterocycles. The summed E-state index contributed by atoms with van der Waals surface area (Å²) in [6.07, 6.45) is 1.57. The quantitative estimate of drug-likeness (QED) is 0.648. The molecule has 7 nitrogen and oxygen atoms in total. The van der Waals surface area contributed by atoms with Gasteiger partial charge in [0.25, 0.3) is 0 Å². The van der Waals surface area contributed by atoms with E-state index in [1.165, 1.54) is 0 Å². The van der Waals surface area contributed by atoms with Gasteiger partial charge in [-0.05, 0) is 51.5 Å². The van der Waals surface area contributed by atoms with Gasteiger partial charge in [0.15, 0.2) is 0 Å². The van der Waals surface area contributed by atoms with E-state index in [-0.39, 0.29) is 11.9 Å². The van der Waals surface area contributed by atoms with Gasteiger partial charge in [0, 0.05) is 41.7 Å². The highest BCUT2D eigenvalue weighted by Crippen LogP contribution is 2.21. The number of aromatic nitrogens is 4. The Morgan fingerprint density at radius 3 is 2.64 bits per heavy atom. The van der Waals surface area contributed by atoms with Crippen molar-refractivity contribution in [2.75, 3.05) is 0 Å². The predicted molar refractivity (Wildman–Crippen MR) is 107 cm³/mol. The van der Waals surface area contributed by atoms with Crippen molar-refractivity contribution in [1.82, 2.24) is 25.2 Å². The maximum atomic E-state index is 12.3. The molecule has 3 aromatic rings. The molecular weight excluding hydrogens is 378 g/mol. The summed E-state index contributed by atoms with van der Waals surface area (Å²) in [6.45, 7) is 5.94. The highest BCUT2D eigenvalue weighted by atomic mass is 35.5. The van der Waals surface area contributed by atoms with E-state index in [1.54, 1.807) is 12.1 Å². The van der Waals surface area contributed by atoms with Crippen molar-refractivity contribution in [2.24, 2.45) is 7.05 Å². The van der Waals surface area contributed by atoms with Crippen molar-refractivity contribution in [3.05, 3.63) is 52.1 Å². The van der Waals surface area contributed by atoms with E-state index in [9.17, 15) is 4.79 Å². The standard InChI is InChI=1S/C20H24ClN5O2/c1-12(19-13(2)24-26(4)14(19)3)22-17(27)6-5-7-18-23-20(25-28-18)15-8-10-16(21)11-9-15/h8-12H,5-7H2,1-4H3,(H,22,27). The molecule has 0 aliphatic carbocycles. The van der Waals surface area contributed by atoms with Crippen LogP contribution in [0.1, 0.15) is 48.6 Å². The Morgan fingerprint density at radius 2 is 2.00 bits per heavy atom. The Hall–Kier alpha value is -2.67. The van der Waals surface area contributed by atoms with Crippen molar-refractivity contribution in [3.63, 3.8) is 0 Å². The average molecular weight is 402 g/mol. The molecule has 3 rings (SSSR count). The normalized spacial score (nSPS) is 12.2. The fraction of sp³-hybridized carbons (Fsp3) is 0.400. The number of carbonyl (C=O) groups excluding carboxylic acids is 1. The fourth-order valence-electron chi connectivity index (χ4n) is 3.28. The zero-order valence-corrected chi connectivity index (χ0v) is 17.2. The first-order chi connectivity index (χ1) is 13.3. The van der Waals surface area contributed by atoms with Gasteiger partial charge in [0.1, 0.15) is 0 Å². The Kier molecular flexibility index (Phi) is 6.14. The Balaban J connectivity index is 1.50. The van der Waals surface area contributed by atoms with Crippen molar-refractivity contribution in [1.29, 1.82) is 0 Å². The summed E-state index contributed by atoms with van der Waals surface area (Å²) in [4.78, 5) is 16.7. The summed E-state index contributed by atoms with van der Waals surface area (Å²) in [5.74, 6) is 1.03. The van der Waals surface area contributed by atoms with E-state index in [4.69, 9.17) is 16.1 Å². The maximum Gasteiger partial charge on any atom is 0.226 e. The smallest absolute Gasteiger partial charge is 0.226 e. The summed E-state index contributed by atoms with van der Waals surface area (Å²) in [7, 11) is 1.91. The first-order valence-corrected chi connectivity index (χ1v) is 9.61. The largest absolute Gasteiger partial charge is 0.349 e. The lowest BCUT2D eigenvalue weighted by molar-refractivity contribution is -0.121. The summed E-state index contributed by atoms with van der Waals surface area (Å²) in [5, 5.41) is 12.1. The molecule has 0 radical (unpaired) electrons. The van der Waals surface area contributed by atoms with E-state index in [2.05, 4.69) is 20.6 Å². The highest BCUT2D eigenvalue weighted by Gasteiger charge is 2.18. The lowest BCUT2D eigenvalue weighted by Crippen LogP contribution is -2.27. The molecule has 1 unspecified atom stereocenters. The van der Waals surface area contributed by atoms with Crippen LogP contribution in [0.2, 0.25) is 5.02 Å². The molecule has 1 amide bonds. The number of nitrogens with zero attached hydrogens (tertiary/aromatic N) is 4. The molecule has 0 bridgehead atoms. The summed E-state index contributed by atoms with van der Waals surface area (Å²) >= 11 is 5.89. The number of hydrogen-bond acceptors (Lipinski definition) is 5. The van der Waals surface area contributed by atoms with Crippen LogP contribution in [-0.2, 0) is 18.3 Å². The van der Waals surface area contributed by atoms with Gasteiger partial charge < -0.3 is 9.84 Å². The third kappa shape index (κ3) is 4.59. The van der Waals surface area contributed by atoms with Crippen LogP contribution < -0.4 is 5.32 Å². The first-order valence-electron chi connectivity index (χ1n) is 9.23. The minimum absolute atomic E-state index is 0.00686. The predicted octanol–water partition coefficient (Wildman–Crippen LogP) is 3.94. The molecular formula is C20H24ClN5O2. The van der Waals surface area contributed by atoms with Gasteiger partial charge in [-0.15, -0.1) is 0 Å². The minimum atomic E-state index is -0.0823. The molecule has 8 heteroatoms. The second-order valence-corrected chi connectivity index (χ2v) is 7.31. The van der Waals surface area contributed by atoms with Crippen LogP contribution >= 0.6 is 11.6 Å². The van der Waals surface area contributed by atoms with E-state index < -0.39 is 0 Å². The van der Waals surface area contributed by atoms with E-state index in [0.29, 0.717) is 36.0 Å². The zero-order chi connectivity index (χ0) is 20.3. The van der Waals surface area contributed by atoms with E-state index in [0.717, 1.165) is 22.5 Å². The number of nitrogens with one attached hydrogen (secondary N) is 1. The Bertz CT molecular complexity index is 962. The molecule has 2 aromatic heterocycles. The second-order valence-electron chi connectivity index (χ2n) is 6.87. The third-order valence-corrected chi connectivity index (χ3v) is 4.99. The summed E-state index contributed by atoms with van der Waals surface area (Å²) in [5.41, 5.74) is 3.91. The second kappa shape index (κ2) is 8.56. The van der Waals surface area contributed by atoms with Crippen LogP contribution in [0.4, 0.5) is 0 Å². The number of benzene rings is 1. The van der Waals surface area contributed by atoms with Crippen LogP contribution in [0, 0.1) is 13.8 Å². The number of rotatable bonds is 7. The Labute approximate surface area is 169 Å². The number of carbonyl (C=O) groups is 1. The Morgan fingerprint density at radius 1 is 1.29 bits per heavy atom. The molecule has 0 fully saturated rings. The molecule has 1 N–H and O–H groups in total. The van der Waals surface area contributed by atoms with Gasteiger partial charge in [0.05, 0.1) is 11.7 Å². The van der Waals surface area contributed by atoms with Crippen molar-refractivity contribution < 1.29 is 9.32 Å². The third-order valence-electron chi connectivity index (χ3n) is 4.74. The number of amides is 1. The molecule has 0 spiro atoms. The zero-order valence-electron chi connectivity index (χ0n) is 16.5. The highest BCUT2D eigenvalue weighted by molar-refractivity contribution is 6.30. The van der Waals surface area contributed by atoms with Crippen LogP contribution in [0.15, 0.2) is 28.8 Å². The molecule has 0 saturated heterocycles. The van der Waals surface area contributed by atoms with E-state index in [1.807, 2.05) is 44.6 Å². The van der Waals surface area contributed by atoms with Gasteiger partial charge in [-0.25, -0.2) is 0 Å². The monoisotopic (exact) mass is 401 g/mol. The topological polar surface area (TPSA) is 85.8 Å². The minimum Gasteiger partial charge on any atom is -0.349 e. The number of hydrogen-bond donors (Lipinski definition) is 1. The SMILES string of the molecule is Cc1nn(C)c(C)c1C(C)NC(=O)CCCc1nc(-c2ccc(Cl)cc2)no1. The van der Waals surface area contributed by atoms with Gasteiger partial charge in [-0.3, -0.25) is 9.48 Å². The number of halogens is 1. The molecule has 2 heterocycles. The lowest BCUT2D eigenvalue weighted by Gasteiger charge is -2.14. The first kappa shape index (κ1) is 20.1. The van der Waals surface area contributed by atoms with Crippen molar-refractivity contribution in [2.45, 2.75) is 46.1 Å². The fourth-order valence-corrected chi connectivity index (χ4v) is 3.40. The number of aryl methyl sites for hydroxylation is 3. The molecule has 0 aliphatic rings. The average Bonchev–Trinajstić information content (AvgIpc) is 3.20. The van der Waals surface area contributed by atoms with Gasteiger partial charge in [-0.1, -0.05) is 16.8 Å². The van der Waals surface area contributed by atoms with Gasteiger partial charge in [-0.2, -0.15) is 10.1 Å². The molecule has 1 aromatic carbocycles.